The van der Waals surface area contributed by atoms with Crippen LogP contribution in [0.4, 0.5) is 0 Å². The zero-order valence-electron chi connectivity index (χ0n) is 18.2. The third-order valence-electron chi connectivity index (χ3n) is 5.81. The van der Waals surface area contributed by atoms with E-state index in [0.29, 0.717) is 13.1 Å². The second kappa shape index (κ2) is 10.2. The molecular weight excluding hydrogens is 404 g/mol. The van der Waals surface area contributed by atoms with Gasteiger partial charge in [0.05, 0.1) is 19.7 Å². The number of aromatic nitrogens is 2. The molecule has 2 heterocycles. The molecule has 1 aromatic heterocycles. The summed E-state index contributed by atoms with van der Waals surface area (Å²) in [5, 5.41) is 7.32. The van der Waals surface area contributed by atoms with Crippen LogP contribution in [0.5, 0.6) is 5.75 Å². The summed E-state index contributed by atoms with van der Waals surface area (Å²) in [6.07, 6.45) is 2.32. The van der Waals surface area contributed by atoms with Crippen LogP contribution in [-0.4, -0.2) is 47.3 Å². The number of carbonyl (C=O) groups excluding carboxylic acids is 1. The molecule has 1 aliphatic heterocycles. The van der Waals surface area contributed by atoms with Crippen LogP contribution in [0.1, 0.15) is 40.5 Å². The second-order valence-corrected chi connectivity index (χ2v) is 7.94. The van der Waals surface area contributed by atoms with Gasteiger partial charge in [0.15, 0.2) is 0 Å². The zero-order chi connectivity index (χ0) is 22.3. The van der Waals surface area contributed by atoms with Gasteiger partial charge in [0, 0.05) is 12.6 Å². The van der Waals surface area contributed by atoms with Crippen molar-refractivity contribution in [1.29, 1.82) is 0 Å². The molecule has 1 amide bonds. The molecule has 2 aromatic carbocycles. The highest BCUT2D eigenvalue weighted by Crippen LogP contribution is 2.26. The van der Waals surface area contributed by atoms with Gasteiger partial charge in [-0.1, -0.05) is 42.5 Å². The lowest BCUT2D eigenvalue weighted by molar-refractivity contribution is 0.0930. The van der Waals surface area contributed by atoms with Gasteiger partial charge in [0.1, 0.15) is 11.4 Å². The number of nitrogens with one attached hydrogen (secondary N) is 1. The Labute approximate surface area is 187 Å². The number of nitrogens with zero attached hydrogens (tertiary/aromatic N) is 3. The molecule has 7 heteroatoms. The molecule has 0 saturated carbocycles. The van der Waals surface area contributed by atoms with Crippen molar-refractivity contribution in [2.45, 2.75) is 25.4 Å². The minimum atomic E-state index is -0.287. The van der Waals surface area contributed by atoms with Crippen molar-refractivity contribution in [2.24, 2.45) is 0 Å². The maximum atomic E-state index is 12.9. The Morgan fingerprint density at radius 2 is 1.75 bits per heavy atom. The molecule has 32 heavy (non-hydrogen) atoms. The number of hydrogen-bond acceptors (Lipinski definition) is 5. The van der Waals surface area contributed by atoms with Crippen LogP contribution in [0.2, 0.25) is 0 Å². The van der Waals surface area contributed by atoms with Crippen molar-refractivity contribution >= 4 is 5.91 Å². The number of likely N-dealkylation sites (tertiary alicyclic amines) is 1. The summed E-state index contributed by atoms with van der Waals surface area (Å²) in [5.41, 5.74) is 2.08. The van der Waals surface area contributed by atoms with Crippen LogP contribution in [-0.2, 0) is 6.54 Å². The Balaban J connectivity index is 1.48. The fraction of sp³-hybridized carbons (Fsp3) is 0.320. The van der Waals surface area contributed by atoms with Crippen LogP contribution in [0.3, 0.4) is 0 Å². The topological polar surface area (TPSA) is 76.5 Å². The third kappa shape index (κ3) is 5.23. The number of ether oxygens (including phenoxy) is 1. The molecule has 1 saturated heterocycles. The van der Waals surface area contributed by atoms with E-state index in [1.54, 1.807) is 7.11 Å². The van der Waals surface area contributed by atoms with Crippen LogP contribution in [0.15, 0.2) is 71.5 Å². The van der Waals surface area contributed by atoms with Gasteiger partial charge in [-0.05, 0) is 55.3 Å². The Morgan fingerprint density at radius 1 is 1.03 bits per heavy atom. The lowest BCUT2D eigenvalue weighted by atomic mass is 10.1. The number of amides is 1. The first kappa shape index (κ1) is 21.8. The van der Waals surface area contributed by atoms with Crippen molar-refractivity contribution in [1.82, 2.24) is 20.0 Å². The number of benzene rings is 2. The van der Waals surface area contributed by atoms with Gasteiger partial charge in [-0.25, -0.2) is 4.68 Å². The minimum Gasteiger partial charge on any atom is -0.497 e. The predicted octanol–water partition coefficient (Wildman–Crippen LogP) is 2.87. The fourth-order valence-electron chi connectivity index (χ4n) is 4.06. The van der Waals surface area contributed by atoms with Gasteiger partial charge in [-0.15, -0.1) is 0 Å². The summed E-state index contributed by atoms with van der Waals surface area (Å²) in [6.45, 7) is 2.80. The van der Waals surface area contributed by atoms with Crippen molar-refractivity contribution in [2.75, 3.05) is 26.7 Å². The zero-order valence-corrected chi connectivity index (χ0v) is 18.2. The third-order valence-corrected chi connectivity index (χ3v) is 5.81. The van der Waals surface area contributed by atoms with E-state index >= 15 is 0 Å². The number of hydrogen-bond donors (Lipinski definition) is 1. The average molecular weight is 433 g/mol. The predicted molar refractivity (Wildman–Crippen MR) is 123 cm³/mol. The second-order valence-electron chi connectivity index (χ2n) is 7.94. The maximum Gasteiger partial charge on any atom is 0.271 e. The van der Waals surface area contributed by atoms with E-state index in [9.17, 15) is 9.59 Å². The lowest BCUT2D eigenvalue weighted by Gasteiger charge is -2.28. The Bertz CT molecular complexity index is 1090. The number of carbonyl (C=O) groups is 1. The highest BCUT2D eigenvalue weighted by Gasteiger charge is 2.24. The Hall–Kier alpha value is -3.45. The monoisotopic (exact) mass is 432 g/mol. The SMILES string of the molecule is COc1ccc(C(CNC(=O)c2ccc(=O)n(Cc3ccccc3)n2)N2CCCC2)cc1. The van der Waals surface area contributed by atoms with Gasteiger partial charge in [0.25, 0.3) is 11.5 Å². The largest absolute Gasteiger partial charge is 0.497 e. The lowest BCUT2D eigenvalue weighted by Crippen LogP contribution is -2.37. The molecule has 0 bridgehead atoms. The van der Waals surface area contributed by atoms with Crippen molar-refractivity contribution in [3.05, 3.63) is 93.9 Å². The molecule has 0 aliphatic carbocycles. The van der Waals surface area contributed by atoms with Crippen LogP contribution in [0.25, 0.3) is 0 Å². The van der Waals surface area contributed by atoms with Crippen molar-refractivity contribution in [3.8, 4) is 5.75 Å². The van der Waals surface area contributed by atoms with E-state index in [2.05, 4.69) is 15.3 Å². The molecule has 7 nitrogen and oxygen atoms in total. The molecule has 3 aromatic rings. The first-order chi connectivity index (χ1) is 15.6. The summed E-state index contributed by atoms with van der Waals surface area (Å²) in [6, 6.07) is 20.5. The van der Waals surface area contributed by atoms with Crippen LogP contribution < -0.4 is 15.6 Å². The van der Waals surface area contributed by atoms with E-state index in [-0.39, 0.29) is 23.2 Å². The van der Waals surface area contributed by atoms with Gasteiger partial charge < -0.3 is 10.1 Å². The Morgan fingerprint density at radius 3 is 2.44 bits per heavy atom. The first-order valence-corrected chi connectivity index (χ1v) is 10.9. The molecule has 1 fully saturated rings. The molecule has 1 aliphatic rings. The minimum absolute atomic E-state index is 0.0718. The van der Waals surface area contributed by atoms with Gasteiger partial charge >= 0.3 is 0 Å². The molecule has 0 spiro atoms. The maximum absolute atomic E-state index is 12.9. The molecular formula is C25H28N4O3. The van der Waals surface area contributed by atoms with Gasteiger partial charge in [-0.3, -0.25) is 14.5 Å². The van der Waals surface area contributed by atoms with Gasteiger partial charge in [-0.2, -0.15) is 5.10 Å². The quantitative estimate of drug-likeness (QED) is 0.592. The van der Waals surface area contributed by atoms with Crippen LogP contribution >= 0.6 is 0 Å². The number of methoxy groups -OCH3 is 1. The molecule has 1 N–H and O–H groups in total. The molecule has 166 valence electrons. The summed E-state index contributed by atoms with van der Waals surface area (Å²) in [4.78, 5) is 27.5. The van der Waals surface area contributed by atoms with E-state index in [1.807, 2.05) is 54.6 Å². The van der Waals surface area contributed by atoms with E-state index in [1.165, 1.54) is 16.8 Å². The van der Waals surface area contributed by atoms with E-state index in [4.69, 9.17) is 4.74 Å². The normalized spacial score (nSPS) is 14.8. The molecule has 4 rings (SSSR count). The summed E-state index contributed by atoms with van der Waals surface area (Å²) < 4.78 is 6.60. The Kier molecular flexibility index (Phi) is 6.97. The van der Waals surface area contributed by atoms with Crippen LogP contribution in [0, 0.1) is 0 Å². The summed E-state index contributed by atoms with van der Waals surface area (Å²) in [5.74, 6) is 0.521. The highest BCUT2D eigenvalue weighted by molar-refractivity contribution is 5.92. The van der Waals surface area contributed by atoms with Crippen molar-refractivity contribution < 1.29 is 9.53 Å². The van der Waals surface area contributed by atoms with Crippen molar-refractivity contribution in [3.63, 3.8) is 0 Å². The molecule has 1 unspecified atom stereocenters. The van der Waals surface area contributed by atoms with E-state index in [0.717, 1.165) is 42.8 Å². The standard InChI is InChI=1S/C25H28N4O3/c1-32-21-11-9-20(10-12-21)23(28-15-5-6-16-28)17-26-25(31)22-13-14-24(30)29(27-22)18-19-7-3-2-4-8-19/h2-4,7-14,23H,5-6,15-18H2,1H3,(H,26,31). The fourth-order valence-corrected chi connectivity index (χ4v) is 4.06. The summed E-state index contributed by atoms with van der Waals surface area (Å²) in [7, 11) is 1.65. The number of rotatable bonds is 8. The average Bonchev–Trinajstić information content (AvgIpc) is 3.36. The van der Waals surface area contributed by atoms with E-state index < -0.39 is 0 Å². The summed E-state index contributed by atoms with van der Waals surface area (Å²) >= 11 is 0. The smallest absolute Gasteiger partial charge is 0.271 e. The molecule has 1 atom stereocenters. The first-order valence-electron chi connectivity index (χ1n) is 10.9. The van der Waals surface area contributed by atoms with Gasteiger partial charge in [0.2, 0.25) is 0 Å². The highest BCUT2D eigenvalue weighted by atomic mass is 16.5. The molecule has 0 radical (unpaired) electrons.